The fraction of sp³-hybridized carbons (Fsp3) is 0.143. The van der Waals surface area contributed by atoms with Crippen LogP contribution >= 0.6 is 0 Å². The van der Waals surface area contributed by atoms with Gasteiger partial charge < -0.3 is 11.1 Å². The van der Waals surface area contributed by atoms with Crippen molar-refractivity contribution in [1.82, 2.24) is 14.6 Å². The summed E-state index contributed by atoms with van der Waals surface area (Å²) in [6.07, 6.45) is 1.90. The van der Waals surface area contributed by atoms with Gasteiger partial charge in [-0.15, -0.1) is 5.10 Å². The minimum atomic E-state index is 0.295. The number of nitrogens with two attached hydrogens (primary N) is 1. The van der Waals surface area contributed by atoms with E-state index in [0.717, 1.165) is 23.4 Å². The normalized spacial score (nSPS) is 10.8. The quantitative estimate of drug-likeness (QED) is 0.751. The van der Waals surface area contributed by atoms with Crippen molar-refractivity contribution in [3.63, 3.8) is 0 Å². The molecule has 3 rings (SSSR count). The Morgan fingerprint density at radius 1 is 1.26 bits per heavy atom. The molecule has 0 radical (unpaired) electrons. The van der Waals surface area contributed by atoms with E-state index in [1.807, 2.05) is 37.4 Å². The smallest absolute Gasteiger partial charge is 0.240 e. The molecule has 0 bridgehead atoms. The van der Waals surface area contributed by atoms with Crippen molar-refractivity contribution in [3.8, 4) is 0 Å². The Morgan fingerprint density at radius 2 is 2.05 bits per heavy atom. The van der Waals surface area contributed by atoms with Crippen LogP contribution in [0.1, 0.15) is 11.1 Å². The van der Waals surface area contributed by atoms with Crippen LogP contribution in [0.25, 0.3) is 5.65 Å². The maximum absolute atomic E-state index is 5.61. The first-order chi connectivity index (χ1) is 9.22. The lowest BCUT2D eigenvalue weighted by Crippen LogP contribution is -2.02. The van der Waals surface area contributed by atoms with Crippen LogP contribution in [-0.4, -0.2) is 14.6 Å². The first-order valence-corrected chi connectivity index (χ1v) is 6.13. The Balaban J connectivity index is 1.85. The molecule has 0 saturated carbocycles. The molecule has 0 amide bonds. The molecule has 5 heteroatoms. The molecule has 0 fully saturated rings. The summed E-state index contributed by atoms with van der Waals surface area (Å²) in [6.45, 7) is 2.77. The summed E-state index contributed by atoms with van der Waals surface area (Å²) >= 11 is 0. The van der Waals surface area contributed by atoms with Crippen LogP contribution in [0, 0.1) is 6.92 Å². The average molecular weight is 253 g/mol. The third kappa shape index (κ3) is 2.35. The Bertz CT molecular complexity index is 702. The van der Waals surface area contributed by atoms with E-state index < -0.39 is 0 Å². The number of nitrogens with zero attached hydrogens (tertiary/aromatic N) is 3. The fourth-order valence-corrected chi connectivity index (χ4v) is 2.06. The number of nitrogen functional groups attached to an aromatic ring is 1. The van der Waals surface area contributed by atoms with Crippen molar-refractivity contribution in [2.24, 2.45) is 0 Å². The molecule has 2 aromatic heterocycles. The van der Waals surface area contributed by atoms with Crippen molar-refractivity contribution in [1.29, 1.82) is 0 Å². The third-order valence-electron chi connectivity index (χ3n) is 2.97. The summed E-state index contributed by atoms with van der Waals surface area (Å²) in [5.41, 5.74) is 9.68. The zero-order valence-electron chi connectivity index (χ0n) is 10.7. The minimum Gasteiger partial charge on any atom is -0.380 e. The molecular weight excluding hydrogens is 238 g/mol. The number of anilines is 2. The molecule has 96 valence electrons. The molecule has 3 N–H and O–H groups in total. The highest BCUT2D eigenvalue weighted by Gasteiger charge is 2.05. The van der Waals surface area contributed by atoms with Gasteiger partial charge in [-0.05, 0) is 24.1 Å². The molecule has 0 aliphatic heterocycles. The maximum Gasteiger partial charge on any atom is 0.240 e. The largest absolute Gasteiger partial charge is 0.380 e. The van der Waals surface area contributed by atoms with Gasteiger partial charge in [0, 0.05) is 6.54 Å². The average Bonchev–Trinajstić information content (AvgIpc) is 2.79. The lowest BCUT2D eigenvalue weighted by Gasteiger charge is -2.08. The van der Waals surface area contributed by atoms with Crippen LogP contribution in [0.3, 0.4) is 0 Å². The van der Waals surface area contributed by atoms with Crippen molar-refractivity contribution >= 4 is 17.3 Å². The van der Waals surface area contributed by atoms with E-state index in [4.69, 9.17) is 5.73 Å². The molecule has 0 aliphatic rings. The van der Waals surface area contributed by atoms with Gasteiger partial charge in [0.2, 0.25) is 5.95 Å². The lowest BCUT2D eigenvalue weighted by molar-refractivity contribution is 0.958. The van der Waals surface area contributed by atoms with Crippen LogP contribution in [-0.2, 0) is 6.54 Å². The van der Waals surface area contributed by atoms with E-state index in [0.29, 0.717) is 5.95 Å². The number of benzene rings is 1. The number of hydrogen-bond donors (Lipinski definition) is 2. The first-order valence-electron chi connectivity index (χ1n) is 6.13. The Labute approximate surface area is 111 Å². The molecule has 3 aromatic rings. The van der Waals surface area contributed by atoms with E-state index in [1.165, 1.54) is 5.56 Å². The van der Waals surface area contributed by atoms with Gasteiger partial charge in [0.15, 0.2) is 5.65 Å². The van der Waals surface area contributed by atoms with Gasteiger partial charge in [0.05, 0.1) is 11.9 Å². The highest BCUT2D eigenvalue weighted by molar-refractivity contribution is 5.57. The van der Waals surface area contributed by atoms with E-state index >= 15 is 0 Å². The van der Waals surface area contributed by atoms with Crippen molar-refractivity contribution in [2.45, 2.75) is 13.5 Å². The number of fused-ring (bicyclic) bond motifs is 1. The molecule has 5 nitrogen and oxygen atoms in total. The van der Waals surface area contributed by atoms with Crippen LogP contribution in [0.4, 0.5) is 11.6 Å². The third-order valence-corrected chi connectivity index (χ3v) is 2.97. The number of hydrogen-bond acceptors (Lipinski definition) is 4. The zero-order valence-corrected chi connectivity index (χ0v) is 10.7. The van der Waals surface area contributed by atoms with Gasteiger partial charge in [-0.3, -0.25) is 0 Å². The monoisotopic (exact) mass is 253 g/mol. The van der Waals surface area contributed by atoms with Crippen LogP contribution in [0.5, 0.6) is 0 Å². The summed E-state index contributed by atoms with van der Waals surface area (Å²) in [5.74, 6) is 0.295. The van der Waals surface area contributed by atoms with Crippen molar-refractivity contribution in [3.05, 3.63) is 53.7 Å². The Kier molecular flexibility index (Phi) is 2.79. The highest BCUT2D eigenvalue weighted by Crippen LogP contribution is 2.16. The summed E-state index contributed by atoms with van der Waals surface area (Å²) in [5, 5.41) is 7.51. The molecular formula is C14H15N5. The predicted octanol–water partition coefficient (Wildman–Crippen LogP) is 2.23. The number of aryl methyl sites for hydroxylation is 1. The fourth-order valence-electron chi connectivity index (χ4n) is 2.06. The molecule has 0 atom stereocenters. The van der Waals surface area contributed by atoms with Crippen LogP contribution < -0.4 is 11.1 Å². The lowest BCUT2D eigenvalue weighted by atomic mass is 10.2. The summed E-state index contributed by atoms with van der Waals surface area (Å²) < 4.78 is 1.71. The molecule has 0 saturated heterocycles. The number of pyridine rings is 1. The number of nitrogens with one attached hydrogen (secondary N) is 1. The topological polar surface area (TPSA) is 68.2 Å². The number of aromatic nitrogens is 3. The van der Waals surface area contributed by atoms with Crippen LogP contribution in [0.2, 0.25) is 0 Å². The minimum absolute atomic E-state index is 0.295. The Morgan fingerprint density at radius 3 is 2.84 bits per heavy atom. The first kappa shape index (κ1) is 11.5. The Hall–Kier alpha value is -2.56. The van der Waals surface area contributed by atoms with Gasteiger partial charge >= 0.3 is 0 Å². The maximum atomic E-state index is 5.61. The molecule has 1 aromatic carbocycles. The van der Waals surface area contributed by atoms with Crippen molar-refractivity contribution < 1.29 is 0 Å². The molecule has 19 heavy (non-hydrogen) atoms. The molecule has 0 unspecified atom stereocenters. The van der Waals surface area contributed by atoms with Crippen LogP contribution in [0.15, 0.2) is 42.6 Å². The molecule has 0 spiro atoms. The predicted molar refractivity (Wildman–Crippen MR) is 75.9 cm³/mol. The molecule has 2 heterocycles. The van der Waals surface area contributed by atoms with E-state index in [-0.39, 0.29) is 0 Å². The zero-order chi connectivity index (χ0) is 13.2. The second-order valence-corrected chi connectivity index (χ2v) is 4.49. The van der Waals surface area contributed by atoms with Crippen molar-refractivity contribution in [2.75, 3.05) is 11.1 Å². The summed E-state index contributed by atoms with van der Waals surface area (Å²) in [7, 11) is 0. The second-order valence-electron chi connectivity index (χ2n) is 4.49. The van der Waals surface area contributed by atoms with E-state index in [9.17, 15) is 0 Å². The summed E-state index contributed by atoms with van der Waals surface area (Å²) in [4.78, 5) is 4.17. The highest BCUT2D eigenvalue weighted by atomic mass is 15.3. The van der Waals surface area contributed by atoms with Gasteiger partial charge in [-0.2, -0.15) is 4.98 Å². The molecule has 0 aliphatic carbocycles. The number of rotatable bonds is 3. The van der Waals surface area contributed by atoms with E-state index in [1.54, 1.807) is 4.52 Å². The summed E-state index contributed by atoms with van der Waals surface area (Å²) in [6, 6.07) is 12.3. The van der Waals surface area contributed by atoms with Gasteiger partial charge in [0.1, 0.15) is 0 Å². The SMILES string of the molecule is Cc1cc(NCc2ccccc2)cn2nc(N)nc12. The standard InChI is InChI=1S/C14H15N5/c1-10-7-12(9-19-13(10)17-14(15)18-19)16-8-11-5-3-2-4-6-11/h2-7,9,16H,8H2,1H3,(H2,15,18). The van der Waals surface area contributed by atoms with Gasteiger partial charge in [0.25, 0.3) is 0 Å². The second kappa shape index (κ2) is 4.61. The van der Waals surface area contributed by atoms with E-state index in [2.05, 4.69) is 27.5 Å². The van der Waals surface area contributed by atoms with Gasteiger partial charge in [-0.1, -0.05) is 30.3 Å². The van der Waals surface area contributed by atoms with Gasteiger partial charge in [-0.25, -0.2) is 4.52 Å².